The van der Waals surface area contributed by atoms with Crippen molar-refractivity contribution in [3.8, 4) is 6.19 Å². The van der Waals surface area contributed by atoms with Crippen LogP contribution in [0.2, 0.25) is 0 Å². The Bertz CT molecular complexity index is 545. The van der Waals surface area contributed by atoms with E-state index < -0.39 is 0 Å². The van der Waals surface area contributed by atoms with Crippen molar-refractivity contribution in [2.75, 3.05) is 13.1 Å². The summed E-state index contributed by atoms with van der Waals surface area (Å²) in [5.74, 6) is 0. The third-order valence-electron chi connectivity index (χ3n) is 3.99. The molecule has 128 valence electrons. The predicted molar refractivity (Wildman–Crippen MR) is 98.2 cm³/mol. The zero-order valence-electron chi connectivity index (χ0n) is 14.2. The van der Waals surface area contributed by atoms with Crippen molar-refractivity contribution in [1.29, 1.82) is 5.26 Å². The van der Waals surface area contributed by atoms with E-state index in [-0.39, 0.29) is 0 Å². The number of hydrogen-bond acceptors (Lipinski definition) is 5. The minimum absolute atomic E-state index is 0.769. The number of benzene rings is 2. The first-order valence-corrected chi connectivity index (χ1v) is 8.75. The van der Waals surface area contributed by atoms with Gasteiger partial charge in [0.05, 0.1) is 0 Å². The van der Waals surface area contributed by atoms with E-state index >= 15 is 0 Å². The first-order chi connectivity index (χ1) is 11.9. The smallest absolute Gasteiger partial charge is 0.196 e. The highest BCUT2D eigenvalue weighted by Gasteiger charge is 2.01. The van der Waals surface area contributed by atoms with Gasteiger partial charge in [0.2, 0.25) is 0 Å². The Kier molecular flexibility index (Phi) is 8.66. The van der Waals surface area contributed by atoms with Gasteiger partial charge in [-0.05, 0) is 23.6 Å². The van der Waals surface area contributed by atoms with Crippen LogP contribution in [0.25, 0.3) is 10.8 Å². The maximum Gasteiger partial charge on any atom is 0.196 e. The Morgan fingerprint density at radius 2 is 1.33 bits per heavy atom. The van der Waals surface area contributed by atoms with Gasteiger partial charge in [-0.15, -0.1) is 5.53 Å². The first kappa shape index (κ1) is 18.2. The Balaban J connectivity index is 0.000000182. The van der Waals surface area contributed by atoms with Crippen molar-refractivity contribution < 1.29 is 0 Å². The molecule has 0 atom stereocenters. The molecule has 1 saturated heterocycles. The van der Waals surface area contributed by atoms with E-state index in [1.165, 1.54) is 47.9 Å². The van der Waals surface area contributed by atoms with Crippen molar-refractivity contribution in [2.45, 2.75) is 38.5 Å². The average Bonchev–Trinajstić information content (AvgIpc) is 2.63. The lowest BCUT2D eigenvalue weighted by Crippen LogP contribution is -2.51. The molecule has 5 heteroatoms. The lowest BCUT2D eigenvalue weighted by atomic mass is 10.1. The van der Waals surface area contributed by atoms with Crippen molar-refractivity contribution >= 4 is 10.8 Å². The van der Waals surface area contributed by atoms with Crippen molar-refractivity contribution in [3.63, 3.8) is 0 Å². The summed E-state index contributed by atoms with van der Waals surface area (Å²) in [6, 6.07) is 16.7. The van der Waals surface area contributed by atoms with Gasteiger partial charge in [-0.3, -0.25) is 0 Å². The molecule has 3 N–H and O–H groups in total. The molecule has 0 aromatic heterocycles. The molecule has 0 radical (unpaired) electrons. The Hall–Kier alpha value is -2.13. The van der Waals surface area contributed by atoms with Crippen LogP contribution in [-0.4, -0.2) is 18.1 Å². The zero-order valence-corrected chi connectivity index (χ0v) is 14.2. The van der Waals surface area contributed by atoms with Gasteiger partial charge in [0, 0.05) is 13.1 Å². The van der Waals surface area contributed by atoms with E-state index in [1.54, 1.807) is 0 Å². The van der Waals surface area contributed by atoms with E-state index in [0.717, 1.165) is 19.5 Å². The van der Waals surface area contributed by atoms with Crippen molar-refractivity contribution in [2.24, 2.45) is 0 Å². The quantitative estimate of drug-likeness (QED) is 0.647. The second-order valence-corrected chi connectivity index (χ2v) is 5.88. The summed E-state index contributed by atoms with van der Waals surface area (Å²) >= 11 is 0. The molecule has 0 bridgehead atoms. The van der Waals surface area contributed by atoms with Crippen LogP contribution in [0.1, 0.15) is 38.5 Å². The highest BCUT2D eigenvalue weighted by molar-refractivity contribution is 5.81. The van der Waals surface area contributed by atoms with Crippen LogP contribution in [0.15, 0.2) is 48.5 Å². The van der Waals surface area contributed by atoms with Crippen LogP contribution < -0.4 is 16.5 Å². The van der Waals surface area contributed by atoms with E-state index in [9.17, 15) is 0 Å². The van der Waals surface area contributed by atoms with Gasteiger partial charge in [-0.1, -0.05) is 74.2 Å². The third kappa shape index (κ3) is 6.97. The molecule has 2 aromatic carbocycles. The predicted octanol–water partition coefficient (Wildman–Crippen LogP) is 3.48. The maximum atomic E-state index is 8.74. The van der Waals surface area contributed by atoms with Crippen LogP contribution in [0, 0.1) is 11.5 Å². The average molecular weight is 325 g/mol. The molecule has 0 unspecified atom stereocenters. The zero-order chi connectivity index (χ0) is 16.9. The summed E-state index contributed by atoms with van der Waals surface area (Å²) in [6.45, 7) is 1.71. The van der Waals surface area contributed by atoms with Gasteiger partial charge in [0.1, 0.15) is 0 Å². The molecule has 0 saturated carbocycles. The third-order valence-corrected chi connectivity index (χ3v) is 3.99. The monoisotopic (exact) mass is 325 g/mol. The summed E-state index contributed by atoms with van der Waals surface area (Å²) in [7, 11) is 0. The Morgan fingerprint density at radius 1 is 0.792 bits per heavy atom. The molecule has 0 aliphatic carbocycles. The van der Waals surface area contributed by atoms with Crippen LogP contribution >= 0.6 is 0 Å². The molecule has 1 heterocycles. The molecular weight excluding hydrogens is 298 g/mol. The summed E-state index contributed by atoms with van der Waals surface area (Å²) in [4.78, 5) is 0. The fourth-order valence-corrected chi connectivity index (χ4v) is 2.62. The normalized spacial score (nSPS) is 16.9. The van der Waals surface area contributed by atoms with Gasteiger partial charge in [0.25, 0.3) is 0 Å². The van der Waals surface area contributed by atoms with E-state index in [1.807, 2.05) is 0 Å². The summed E-state index contributed by atoms with van der Waals surface area (Å²) < 4.78 is 0. The summed E-state index contributed by atoms with van der Waals surface area (Å²) in [5, 5.41) is 12.9. The second-order valence-electron chi connectivity index (χ2n) is 5.88. The van der Waals surface area contributed by atoms with Crippen molar-refractivity contribution in [3.05, 3.63) is 48.5 Å². The summed E-state index contributed by atoms with van der Waals surface area (Å²) in [6.07, 6.45) is 9.42. The lowest BCUT2D eigenvalue weighted by Gasteiger charge is -2.18. The molecule has 24 heavy (non-hydrogen) atoms. The molecule has 1 aliphatic heterocycles. The number of rotatable bonds is 0. The van der Waals surface area contributed by atoms with Gasteiger partial charge >= 0.3 is 0 Å². The summed E-state index contributed by atoms with van der Waals surface area (Å²) in [5.41, 5.74) is 8.62. The van der Waals surface area contributed by atoms with Gasteiger partial charge in [0.15, 0.2) is 6.19 Å². The fourth-order valence-electron chi connectivity index (χ4n) is 2.62. The Morgan fingerprint density at radius 3 is 1.92 bits per heavy atom. The van der Waals surface area contributed by atoms with Crippen LogP contribution in [0.4, 0.5) is 0 Å². The molecule has 2 aromatic rings. The minimum atomic E-state index is 0.769. The number of hydrazine groups is 3. The molecule has 5 nitrogen and oxygen atoms in total. The highest BCUT2D eigenvalue weighted by Crippen LogP contribution is 2.11. The number of nitriles is 1. The second kappa shape index (κ2) is 11.4. The van der Waals surface area contributed by atoms with Crippen LogP contribution in [-0.2, 0) is 0 Å². The minimum Gasteiger partial charge on any atom is -0.243 e. The number of nitrogens with one attached hydrogen (secondary N) is 3. The largest absolute Gasteiger partial charge is 0.243 e. The van der Waals surface area contributed by atoms with Gasteiger partial charge < -0.3 is 0 Å². The molecule has 1 aliphatic rings. The number of fused-ring (bicyclic) bond motifs is 1. The standard InChI is InChI=1S/C10H8.C9H19N5/c1-2-6-10-8-4-3-7-9(10)5-1;10-9-14-8-6-4-2-1-3-5-7-11-12-13-14/h1-8H;11-13H,1-8H2. The molecule has 0 amide bonds. The van der Waals surface area contributed by atoms with E-state index in [2.05, 4.69) is 71.2 Å². The molecule has 1 fully saturated rings. The topological polar surface area (TPSA) is 63.1 Å². The SMILES string of the molecule is N#CN1CCCCCCCCNNN1.c1ccc2ccccc2c1. The number of hydrogen-bond donors (Lipinski definition) is 3. The first-order valence-electron chi connectivity index (χ1n) is 8.75. The van der Waals surface area contributed by atoms with Gasteiger partial charge in [-0.2, -0.15) is 10.8 Å². The maximum absolute atomic E-state index is 8.74. The van der Waals surface area contributed by atoms with Crippen LogP contribution in [0.5, 0.6) is 0 Å². The van der Waals surface area contributed by atoms with Gasteiger partial charge in [-0.25, -0.2) is 10.4 Å². The fraction of sp³-hybridized carbons (Fsp3) is 0.421. The molecular formula is C19H27N5. The van der Waals surface area contributed by atoms with E-state index in [4.69, 9.17) is 5.26 Å². The number of nitrogens with zero attached hydrogens (tertiary/aromatic N) is 2. The highest BCUT2D eigenvalue weighted by atomic mass is 15.8. The molecule has 0 spiro atoms. The van der Waals surface area contributed by atoms with Crippen LogP contribution in [0.3, 0.4) is 0 Å². The Labute approximate surface area is 144 Å². The van der Waals surface area contributed by atoms with Crippen molar-refractivity contribution in [1.82, 2.24) is 21.5 Å². The molecule has 3 rings (SSSR count). The van der Waals surface area contributed by atoms with E-state index in [0.29, 0.717) is 0 Å². The lowest BCUT2D eigenvalue weighted by molar-refractivity contribution is 0.202.